The Balaban J connectivity index is 1.94. The van der Waals surface area contributed by atoms with Crippen molar-refractivity contribution >= 4 is 73.5 Å². The first kappa shape index (κ1) is 23.5. The number of carbonyl (C=O) groups is 1. The summed E-state index contributed by atoms with van der Waals surface area (Å²) in [5, 5.41) is 0.394. The van der Waals surface area contributed by atoms with E-state index in [2.05, 4.69) is 21.9 Å². The fourth-order valence-corrected chi connectivity index (χ4v) is 4.95. The van der Waals surface area contributed by atoms with Gasteiger partial charge in [0.15, 0.2) is 15.8 Å². The molecule has 0 spiro atoms. The number of anilines is 1. The van der Waals surface area contributed by atoms with Crippen LogP contribution in [-0.2, 0) is 4.79 Å². The Morgan fingerprint density at radius 2 is 2.06 bits per heavy atom. The van der Waals surface area contributed by atoms with E-state index < -0.39 is 0 Å². The van der Waals surface area contributed by atoms with Crippen LogP contribution in [0.2, 0.25) is 5.02 Å². The summed E-state index contributed by atoms with van der Waals surface area (Å²) in [5.74, 6) is 3.75. The molecular formula is C22H17BrClNO4S2. The Morgan fingerprint density at radius 1 is 1.29 bits per heavy atom. The average Bonchev–Trinajstić information content (AvgIpc) is 3.00. The molecule has 1 fully saturated rings. The predicted octanol–water partition coefficient (Wildman–Crippen LogP) is 5.93. The van der Waals surface area contributed by atoms with Crippen LogP contribution in [0.1, 0.15) is 12.5 Å². The third-order valence-corrected chi connectivity index (χ3v) is 6.30. The lowest BCUT2D eigenvalue weighted by Crippen LogP contribution is -2.27. The number of benzene rings is 2. The SMILES string of the molecule is C#CCOc1c(Br)cc(/C=C2\SC(=S)N(c3ccc(OC)c(Cl)c3)C2=O)cc1OCC. The normalized spacial score (nSPS) is 14.7. The van der Waals surface area contributed by atoms with Crippen LogP contribution in [0.25, 0.3) is 6.08 Å². The van der Waals surface area contributed by atoms with Gasteiger partial charge >= 0.3 is 0 Å². The van der Waals surface area contributed by atoms with Crippen LogP contribution >= 0.6 is 51.5 Å². The van der Waals surface area contributed by atoms with E-state index in [1.165, 1.54) is 23.8 Å². The van der Waals surface area contributed by atoms with Gasteiger partial charge in [-0.15, -0.1) is 6.42 Å². The number of ether oxygens (including phenoxy) is 3. The van der Waals surface area contributed by atoms with Crippen molar-refractivity contribution in [2.45, 2.75) is 6.92 Å². The van der Waals surface area contributed by atoms with Crippen LogP contribution in [-0.4, -0.2) is 30.6 Å². The Hall–Kier alpha value is -2.18. The van der Waals surface area contributed by atoms with Crippen molar-refractivity contribution in [2.75, 3.05) is 25.2 Å². The molecule has 0 radical (unpaired) electrons. The highest BCUT2D eigenvalue weighted by Gasteiger charge is 2.33. The molecule has 0 aromatic heterocycles. The molecule has 0 atom stereocenters. The number of carbonyl (C=O) groups excluding carboxylic acids is 1. The molecule has 1 heterocycles. The summed E-state index contributed by atoms with van der Waals surface area (Å²) in [4.78, 5) is 15.0. The van der Waals surface area contributed by atoms with Crippen LogP contribution in [0.5, 0.6) is 17.2 Å². The molecule has 9 heteroatoms. The number of amides is 1. The molecule has 0 unspecified atom stereocenters. The van der Waals surface area contributed by atoms with Crippen molar-refractivity contribution in [1.29, 1.82) is 0 Å². The highest BCUT2D eigenvalue weighted by atomic mass is 79.9. The zero-order chi connectivity index (χ0) is 22.5. The van der Waals surface area contributed by atoms with Crippen molar-refractivity contribution in [3.05, 3.63) is 50.3 Å². The third-order valence-electron chi connectivity index (χ3n) is 4.12. The standard InChI is InChI=1S/C22H17BrClNO4S2/c1-4-8-29-20-15(23)9-13(10-18(20)28-5-2)11-19-21(26)25(22(30)31-19)14-6-7-17(27-3)16(24)12-14/h1,6-7,9-12H,5,8H2,2-3H3/b19-11-. The summed E-state index contributed by atoms with van der Waals surface area (Å²) in [6, 6.07) is 8.69. The molecule has 2 aromatic rings. The van der Waals surface area contributed by atoms with E-state index in [0.717, 1.165) is 5.56 Å². The van der Waals surface area contributed by atoms with Gasteiger partial charge in [-0.25, -0.2) is 0 Å². The molecule has 0 bridgehead atoms. The Bertz CT molecular complexity index is 1110. The number of nitrogens with zero attached hydrogens (tertiary/aromatic N) is 1. The maximum absolute atomic E-state index is 13.1. The lowest BCUT2D eigenvalue weighted by Gasteiger charge is -2.15. The minimum Gasteiger partial charge on any atom is -0.495 e. The number of hydrogen-bond acceptors (Lipinski definition) is 6. The second kappa shape index (κ2) is 10.4. The van der Waals surface area contributed by atoms with E-state index in [1.807, 2.05) is 13.0 Å². The second-order valence-electron chi connectivity index (χ2n) is 6.09. The van der Waals surface area contributed by atoms with Crippen molar-refractivity contribution in [3.63, 3.8) is 0 Å². The minimum atomic E-state index is -0.238. The maximum Gasteiger partial charge on any atom is 0.270 e. The number of rotatable bonds is 7. The first-order valence-electron chi connectivity index (χ1n) is 9.03. The molecule has 1 saturated heterocycles. The largest absolute Gasteiger partial charge is 0.495 e. The van der Waals surface area contributed by atoms with Crippen molar-refractivity contribution in [2.24, 2.45) is 0 Å². The van der Waals surface area contributed by atoms with Crippen LogP contribution in [0.4, 0.5) is 5.69 Å². The number of methoxy groups -OCH3 is 1. The third kappa shape index (κ3) is 5.18. The van der Waals surface area contributed by atoms with Gasteiger partial charge in [-0.2, -0.15) is 0 Å². The quantitative estimate of drug-likeness (QED) is 0.247. The van der Waals surface area contributed by atoms with Crippen LogP contribution in [0.15, 0.2) is 39.7 Å². The fourth-order valence-electron chi connectivity index (χ4n) is 2.82. The number of thioether (sulfide) groups is 1. The van der Waals surface area contributed by atoms with Gasteiger partial charge in [-0.3, -0.25) is 9.69 Å². The van der Waals surface area contributed by atoms with Gasteiger partial charge in [-0.1, -0.05) is 41.5 Å². The van der Waals surface area contributed by atoms with Crippen LogP contribution in [0.3, 0.4) is 0 Å². The summed E-state index contributed by atoms with van der Waals surface area (Å²) < 4.78 is 17.5. The van der Waals surface area contributed by atoms with E-state index in [9.17, 15) is 4.79 Å². The molecule has 2 aromatic carbocycles. The van der Waals surface area contributed by atoms with Crippen molar-refractivity contribution in [3.8, 4) is 29.6 Å². The van der Waals surface area contributed by atoms with E-state index >= 15 is 0 Å². The number of terminal acetylenes is 1. The van der Waals surface area contributed by atoms with Crippen molar-refractivity contribution in [1.82, 2.24) is 0 Å². The summed E-state index contributed by atoms with van der Waals surface area (Å²) in [6.45, 7) is 2.43. The molecular weight excluding hydrogens is 522 g/mol. The monoisotopic (exact) mass is 537 g/mol. The summed E-state index contributed by atoms with van der Waals surface area (Å²) in [6.07, 6.45) is 7.04. The zero-order valence-electron chi connectivity index (χ0n) is 16.6. The smallest absolute Gasteiger partial charge is 0.270 e. The second-order valence-corrected chi connectivity index (χ2v) is 9.03. The lowest BCUT2D eigenvalue weighted by atomic mass is 10.1. The predicted molar refractivity (Wildman–Crippen MR) is 133 cm³/mol. The summed E-state index contributed by atoms with van der Waals surface area (Å²) >= 11 is 16.4. The van der Waals surface area contributed by atoms with E-state index in [1.54, 1.807) is 30.3 Å². The van der Waals surface area contributed by atoms with E-state index in [4.69, 9.17) is 44.5 Å². The summed E-state index contributed by atoms with van der Waals surface area (Å²) in [5.41, 5.74) is 1.32. The Morgan fingerprint density at radius 3 is 2.71 bits per heavy atom. The molecule has 31 heavy (non-hydrogen) atoms. The highest BCUT2D eigenvalue weighted by molar-refractivity contribution is 9.10. The van der Waals surface area contributed by atoms with Gasteiger partial charge in [-0.05, 0) is 64.8 Å². The van der Waals surface area contributed by atoms with Crippen molar-refractivity contribution < 1.29 is 19.0 Å². The average molecular weight is 539 g/mol. The number of hydrogen-bond donors (Lipinski definition) is 0. The first-order chi connectivity index (χ1) is 14.9. The number of halogens is 2. The van der Waals surface area contributed by atoms with Gasteiger partial charge in [0.1, 0.15) is 12.4 Å². The number of thiocarbonyl (C=S) groups is 1. The first-order valence-corrected chi connectivity index (χ1v) is 11.4. The molecule has 1 aliphatic heterocycles. The summed E-state index contributed by atoms with van der Waals surface area (Å²) in [7, 11) is 1.53. The van der Waals surface area contributed by atoms with Crippen LogP contribution in [0, 0.1) is 12.3 Å². The van der Waals surface area contributed by atoms with Gasteiger partial charge < -0.3 is 14.2 Å². The molecule has 5 nitrogen and oxygen atoms in total. The van der Waals surface area contributed by atoms with Gasteiger partial charge in [0.05, 0.1) is 33.8 Å². The van der Waals surface area contributed by atoms with Gasteiger partial charge in [0.2, 0.25) is 0 Å². The van der Waals surface area contributed by atoms with Gasteiger partial charge in [0.25, 0.3) is 5.91 Å². The molecule has 160 valence electrons. The Labute approximate surface area is 203 Å². The minimum absolute atomic E-state index is 0.112. The molecule has 1 amide bonds. The maximum atomic E-state index is 13.1. The molecule has 1 aliphatic rings. The van der Waals surface area contributed by atoms with Gasteiger partial charge in [0, 0.05) is 0 Å². The molecule has 3 rings (SSSR count). The molecule has 0 saturated carbocycles. The Kier molecular flexibility index (Phi) is 7.89. The highest BCUT2D eigenvalue weighted by Crippen LogP contribution is 2.41. The van der Waals surface area contributed by atoms with E-state index in [-0.39, 0.29) is 12.5 Å². The molecule has 0 N–H and O–H groups in total. The zero-order valence-corrected chi connectivity index (χ0v) is 20.6. The van der Waals surface area contributed by atoms with E-state index in [0.29, 0.717) is 48.3 Å². The topological polar surface area (TPSA) is 48.0 Å². The fraction of sp³-hybridized carbons (Fsp3) is 0.182. The molecule has 0 aliphatic carbocycles. The van der Waals surface area contributed by atoms with Crippen LogP contribution < -0.4 is 19.1 Å². The lowest BCUT2D eigenvalue weighted by molar-refractivity contribution is -0.113.